The van der Waals surface area contributed by atoms with E-state index in [-0.39, 0.29) is 24.4 Å². The third-order valence-electron chi connectivity index (χ3n) is 4.68. The average Bonchev–Trinajstić information content (AvgIpc) is 3.08. The molecular formula is C22H23N3O5S. The number of aryl methyl sites for hydroxylation is 1. The number of rotatable bonds is 8. The quantitative estimate of drug-likeness (QED) is 0.295. The Morgan fingerprint density at radius 3 is 2.55 bits per heavy atom. The second kappa shape index (κ2) is 10.1. The summed E-state index contributed by atoms with van der Waals surface area (Å²) >= 11 is 1.32. The van der Waals surface area contributed by atoms with Gasteiger partial charge in [-0.1, -0.05) is 30.7 Å². The van der Waals surface area contributed by atoms with Gasteiger partial charge >= 0.3 is 5.97 Å². The van der Waals surface area contributed by atoms with E-state index >= 15 is 0 Å². The number of hydrogen-bond acceptors (Lipinski definition) is 6. The number of fused-ring (bicyclic) bond motifs is 1. The first-order chi connectivity index (χ1) is 14.9. The molecule has 8 nitrogen and oxygen atoms in total. The van der Waals surface area contributed by atoms with E-state index in [4.69, 9.17) is 4.74 Å². The molecule has 0 aliphatic carbocycles. The van der Waals surface area contributed by atoms with Crippen LogP contribution in [-0.2, 0) is 22.5 Å². The normalized spacial score (nSPS) is 11.6. The number of hydrogen-bond donors (Lipinski definition) is 0. The molecule has 0 unspecified atom stereocenters. The van der Waals surface area contributed by atoms with Crippen LogP contribution in [0.15, 0.2) is 47.5 Å². The van der Waals surface area contributed by atoms with Crippen molar-refractivity contribution in [3.8, 4) is 0 Å². The number of benzene rings is 2. The molecule has 0 atom stereocenters. The van der Waals surface area contributed by atoms with Gasteiger partial charge in [0.05, 0.1) is 21.7 Å². The van der Waals surface area contributed by atoms with Crippen LogP contribution in [0.3, 0.4) is 0 Å². The highest BCUT2D eigenvalue weighted by molar-refractivity contribution is 7.16. The minimum Gasteiger partial charge on any atom is -0.465 e. The topological polar surface area (TPSA) is 104 Å². The molecule has 3 aromatic rings. The van der Waals surface area contributed by atoms with Crippen molar-refractivity contribution in [2.45, 2.75) is 39.7 Å². The van der Waals surface area contributed by atoms with E-state index in [2.05, 4.69) is 18.0 Å². The fraction of sp³-hybridized carbons (Fsp3) is 0.318. The summed E-state index contributed by atoms with van der Waals surface area (Å²) in [5.41, 5.74) is 2.12. The Kier molecular flexibility index (Phi) is 7.30. The third-order valence-corrected chi connectivity index (χ3v) is 5.72. The van der Waals surface area contributed by atoms with Crippen molar-refractivity contribution in [3.05, 3.63) is 68.5 Å². The molecule has 0 bridgehead atoms. The number of esters is 1. The molecule has 0 radical (unpaired) electrons. The maximum Gasteiger partial charge on any atom is 0.326 e. The van der Waals surface area contributed by atoms with Crippen LogP contribution < -0.4 is 4.80 Å². The molecule has 9 heteroatoms. The standard InChI is InChI=1S/C22H23N3O5S/c1-3-5-6-15-7-12-18-19(13-15)31-22(24(18)14-20(26)30-4-2)23-21(27)16-8-10-17(11-9-16)25(28)29/h7-13H,3-6,14H2,1-2H3. The van der Waals surface area contributed by atoms with Gasteiger partial charge < -0.3 is 9.30 Å². The summed E-state index contributed by atoms with van der Waals surface area (Å²) in [6.07, 6.45) is 3.13. The Morgan fingerprint density at radius 1 is 1.16 bits per heavy atom. The SMILES string of the molecule is CCCCc1ccc2c(c1)sc(=NC(=O)c1ccc([N+](=O)[O-])cc1)n2CC(=O)OCC. The van der Waals surface area contributed by atoms with Crippen LogP contribution in [0.25, 0.3) is 10.2 Å². The summed E-state index contributed by atoms with van der Waals surface area (Å²) in [6, 6.07) is 11.3. The fourth-order valence-electron chi connectivity index (χ4n) is 3.11. The minimum atomic E-state index is -0.537. The summed E-state index contributed by atoms with van der Waals surface area (Å²) in [4.78, 5) is 39.7. The first kappa shape index (κ1) is 22.4. The number of thiazole rings is 1. The molecular weight excluding hydrogens is 418 g/mol. The molecule has 1 heterocycles. The number of amides is 1. The van der Waals surface area contributed by atoms with Gasteiger partial charge in [-0.15, -0.1) is 0 Å². The number of non-ortho nitro benzene ring substituents is 1. The number of nitrogens with zero attached hydrogens (tertiary/aromatic N) is 3. The Hall–Kier alpha value is -3.33. The smallest absolute Gasteiger partial charge is 0.326 e. The van der Waals surface area contributed by atoms with Gasteiger partial charge in [0.25, 0.3) is 11.6 Å². The predicted molar refractivity (Wildman–Crippen MR) is 118 cm³/mol. The highest BCUT2D eigenvalue weighted by Gasteiger charge is 2.14. The summed E-state index contributed by atoms with van der Waals surface area (Å²) in [7, 11) is 0. The van der Waals surface area contributed by atoms with Crippen molar-refractivity contribution in [2.24, 2.45) is 4.99 Å². The molecule has 162 valence electrons. The number of nitro groups is 1. The van der Waals surface area contributed by atoms with Gasteiger partial charge in [0.1, 0.15) is 6.54 Å². The van der Waals surface area contributed by atoms with Crippen LogP contribution in [0.2, 0.25) is 0 Å². The Morgan fingerprint density at radius 2 is 1.90 bits per heavy atom. The number of nitro benzene ring substituents is 1. The van der Waals surface area contributed by atoms with Gasteiger partial charge in [0.15, 0.2) is 4.80 Å². The first-order valence-corrected chi connectivity index (χ1v) is 10.9. The zero-order valence-electron chi connectivity index (χ0n) is 17.4. The van der Waals surface area contributed by atoms with E-state index in [1.807, 2.05) is 12.1 Å². The second-order valence-electron chi connectivity index (χ2n) is 6.90. The molecule has 31 heavy (non-hydrogen) atoms. The maximum atomic E-state index is 12.7. The van der Waals surface area contributed by atoms with Gasteiger partial charge in [0, 0.05) is 17.7 Å². The minimum absolute atomic E-state index is 0.0610. The van der Waals surface area contributed by atoms with Gasteiger partial charge in [-0.2, -0.15) is 4.99 Å². The lowest BCUT2D eigenvalue weighted by atomic mass is 10.1. The van der Waals surface area contributed by atoms with Gasteiger partial charge in [-0.3, -0.25) is 19.7 Å². The van der Waals surface area contributed by atoms with Crippen LogP contribution >= 0.6 is 11.3 Å². The van der Waals surface area contributed by atoms with E-state index < -0.39 is 16.8 Å². The summed E-state index contributed by atoms with van der Waals surface area (Å²) in [5, 5.41) is 10.8. The van der Waals surface area contributed by atoms with Gasteiger partial charge in [-0.25, -0.2) is 0 Å². The summed E-state index contributed by atoms with van der Waals surface area (Å²) < 4.78 is 7.67. The fourth-order valence-corrected chi connectivity index (χ4v) is 4.20. The van der Waals surface area contributed by atoms with Crippen LogP contribution in [0, 0.1) is 10.1 Å². The average molecular weight is 442 g/mol. The van der Waals surface area contributed by atoms with Crippen molar-refractivity contribution >= 4 is 39.1 Å². The lowest BCUT2D eigenvalue weighted by molar-refractivity contribution is -0.384. The largest absolute Gasteiger partial charge is 0.465 e. The molecule has 0 aliphatic rings. The van der Waals surface area contributed by atoms with Crippen molar-refractivity contribution in [1.29, 1.82) is 0 Å². The summed E-state index contributed by atoms with van der Waals surface area (Å²) in [5.74, 6) is -0.952. The van der Waals surface area contributed by atoms with E-state index in [0.717, 1.165) is 29.5 Å². The van der Waals surface area contributed by atoms with Crippen LogP contribution in [0.1, 0.15) is 42.6 Å². The third kappa shape index (κ3) is 5.43. The number of unbranched alkanes of at least 4 members (excludes halogenated alkanes) is 1. The van der Waals surface area contributed by atoms with Crippen LogP contribution in [0.4, 0.5) is 5.69 Å². The van der Waals surface area contributed by atoms with E-state index in [9.17, 15) is 19.7 Å². The second-order valence-corrected chi connectivity index (χ2v) is 7.91. The van der Waals surface area contributed by atoms with Crippen molar-refractivity contribution in [2.75, 3.05) is 6.61 Å². The Bertz CT molecular complexity index is 1180. The molecule has 0 spiro atoms. The first-order valence-electron chi connectivity index (χ1n) is 10.0. The van der Waals surface area contributed by atoms with E-state index in [1.165, 1.54) is 41.2 Å². The monoisotopic (exact) mass is 441 g/mol. The number of ether oxygens (including phenoxy) is 1. The van der Waals surface area contributed by atoms with Crippen molar-refractivity contribution in [1.82, 2.24) is 4.57 Å². The van der Waals surface area contributed by atoms with E-state index in [0.29, 0.717) is 4.80 Å². The molecule has 0 saturated heterocycles. The van der Waals surface area contributed by atoms with Crippen molar-refractivity contribution in [3.63, 3.8) is 0 Å². The number of aromatic nitrogens is 1. The molecule has 0 aliphatic heterocycles. The Balaban J connectivity index is 2.03. The van der Waals surface area contributed by atoms with Crippen LogP contribution in [0.5, 0.6) is 0 Å². The summed E-state index contributed by atoms with van der Waals surface area (Å²) in [6.45, 7) is 4.07. The molecule has 0 N–H and O–H groups in total. The van der Waals surface area contributed by atoms with Gasteiger partial charge in [0.2, 0.25) is 0 Å². The molecule has 3 rings (SSSR count). The predicted octanol–water partition coefficient (Wildman–Crippen LogP) is 4.26. The zero-order valence-corrected chi connectivity index (χ0v) is 18.2. The zero-order chi connectivity index (χ0) is 22.4. The molecule has 2 aromatic carbocycles. The lowest BCUT2D eigenvalue weighted by Gasteiger charge is -2.06. The molecule has 1 aromatic heterocycles. The molecule has 1 amide bonds. The Labute approximate surface area is 183 Å². The molecule has 0 saturated carbocycles. The van der Waals surface area contributed by atoms with E-state index in [1.54, 1.807) is 11.5 Å². The highest BCUT2D eigenvalue weighted by Crippen LogP contribution is 2.21. The van der Waals surface area contributed by atoms with Gasteiger partial charge in [-0.05, 0) is 49.6 Å². The highest BCUT2D eigenvalue weighted by atomic mass is 32.1. The lowest BCUT2D eigenvalue weighted by Crippen LogP contribution is -2.23. The number of carbonyl (C=O) groups is 2. The van der Waals surface area contributed by atoms with Crippen LogP contribution in [-0.4, -0.2) is 28.0 Å². The number of carbonyl (C=O) groups excluding carboxylic acids is 2. The maximum absolute atomic E-state index is 12.7. The van der Waals surface area contributed by atoms with Crippen molar-refractivity contribution < 1.29 is 19.2 Å². The molecule has 0 fully saturated rings.